The Bertz CT molecular complexity index is 484. The molecule has 0 heterocycles. The molecule has 0 unspecified atom stereocenters. The van der Waals surface area contributed by atoms with Gasteiger partial charge in [-0.3, -0.25) is 4.79 Å². The highest BCUT2D eigenvalue weighted by atomic mass is 16.4. The predicted molar refractivity (Wildman–Crippen MR) is 86.7 cm³/mol. The second-order valence-corrected chi connectivity index (χ2v) is 6.59. The fraction of sp³-hybridized carbons (Fsp3) is 0.632. The fourth-order valence-electron chi connectivity index (χ4n) is 3.88. The van der Waals surface area contributed by atoms with Crippen LogP contribution in [-0.2, 0) is 24.1 Å². The van der Waals surface area contributed by atoms with Gasteiger partial charge >= 0.3 is 5.97 Å². The number of benzene rings is 1. The van der Waals surface area contributed by atoms with E-state index < -0.39 is 5.97 Å². The zero-order valence-electron chi connectivity index (χ0n) is 13.5. The topological polar surface area (TPSA) is 37.3 Å². The van der Waals surface area contributed by atoms with Crippen molar-refractivity contribution >= 4 is 5.97 Å². The first-order valence-corrected chi connectivity index (χ1v) is 8.41. The molecule has 0 aromatic heterocycles. The van der Waals surface area contributed by atoms with Crippen molar-refractivity contribution in [3.05, 3.63) is 34.9 Å². The molecule has 1 aliphatic rings. The van der Waals surface area contributed by atoms with Crippen LogP contribution in [-0.4, -0.2) is 11.1 Å². The van der Waals surface area contributed by atoms with Gasteiger partial charge in [-0.2, -0.15) is 0 Å². The summed E-state index contributed by atoms with van der Waals surface area (Å²) in [5.41, 5.74) is 4.33. The zero-order chi connectivity index (χ0) is 15.3. The molecular formula is C19H28O2. The molecule has 1 aromatic carbocycles. The van der Waals surface area contributed by atoms with Gasteiger partial charge in [0.2, 0.25) is 0 Å². The van der Waals surface area contributed by atoms with Crippen LogP contribution in [0.2, 0.25) is 0 Å². The third-order valence-electron chi connectivity index (χ3n) is 5.17. The third-order valence-corrected chi connectivity index (χ3v) is 5.17. The van der Waals surface area contributed by atoms with Crippen LogP contribution >= 0.6 is 0 Å². The molecule has 0 atom stereocenters. The highest BCUT2D eigenvalue weighted by Crippen LogP contribution is 2.44. The lowest BCUT2D eigenvalue weighted by atomic mass is 9.77. The molecule has 2 rings (SSSR count). The van der Waals surface area contributed by atoms with Crippen LogP contribution < -0.4 is 0 Å². The molecule has 0 bridgehead atoms. The molecule has 116 valence electrons. The number of carbonyl (C=O) groups is 1. The SMILES string of the molecule is CCc1ccc(CCC2(CC(=O)O)CCCC2)cc1CC. The summed E-state index contributed by atoms with van der Waals surface area (Å²) < 4.78 is 0. The van der Waals surface area contributed by atoms with Crippen molar-refractivity contribution in [2.45, 2.75) is 71.6 Å². The summed E-state index contributed by atoms with van der Waals surface area (Å²) in [6.45, 7) is 4.41. The van der Waals surface area contributed by atoms with Crippen LogP contribution in [0, 0.1) is 5.41 Å². The van der Waals surface area contributed by atoms with Gasteiger partial charge in [0.1, 0.15) is 0 Å². The number of carboxylic acids is 1. The number of hydrogen-bond donors (Lipinski definition) is 1. The highest BCUT2D eigenvalue weighted by molar-refractivity contribution is 5.67. The normalized spacial score (nSPS) is 17.0. The Kier molecular flexibility index (Phi) is 5.44. The molecular weight excluding hydrogens is 260 g/mol. The maximum atomic E-state index is 11.2. The molecule has 0 amide bonds. The molecule has 1 fully saturated rings. The average Bonchev–Trinajstić information content (AvgIpc) is 2.92. The molecule has 1 aliphatic carbocycles. The van der Waals surface area contributed by atoms with Gasteiger partial charge in [0.05, 0.1) is 6.42 Å². The second kappa shape index (κ2) is 7.11. The van der Waals surface area contributed by atoms with Crippen LogP contribution in [0.15, 0.2) is 18.2 Å². The maximum absolute atomic E-state index is 11.2. The Labute approximate surface area is 128 Å². The smallest absolute Gasteiger partial charge is 0.303 e. The van der Waals surface area contributed by atoms with Gasteiger partial charge in [0, 0.05) is 0 Å². The van der Waals surface area contributed by atoms with Gasteiger partial charge in [-0.1, -0.05) is 44.9 Å². The first-order chi connectivity index (χ1) is 10.1. The molecule has 2 nitrogen and oxygen atoms in total. The zero-order valence-corrected chi connectivity index (χ0v) is 13.5. The lowest BCUT2D eigenvalue weighted by molar-refractivity contribution is -0.139. The van der Waals surface area contributed by atoms with Crippen molar-refractivity contribution in [1.82, 2.24) is 0 Å². The van der Waals surface area contributed by atoms with Crippen molar-refractivity contribution in [3.8, 4) is 0 Å². The molecule has 2 heteroatoms. The predicted octanol–water partition coefficient (Wildman–Crippen LogP) is 4.78. The van der Waals surface area contributed by atoms with Gasteiger partial charge in [-0.05, 0) is 60.6 Å². The van der Waals surface area contributed by atoms with Crippen LogP contribution in [0.5, 0.6) is 0 Å². The minimum absolute atomic E-state index is 0.0572. The van der Waals surface area contributed by atoms with Crippen molar-refractivity contribution in [2.75, 3.05) is 0 Å². The van der Waals surface area contributed by atoms with Crippen LogP contribution in [0.4, 0.5) is 0 Å². The van der Waals surface area contributed by atoms with Gasteiger partial charge in [-0.25, -0.2) is 0 Å². The molecule has 1 aromatic rings. The lowest BCUT2D eigenvalue weighted by Gasteiger charge is -2.27. The Balaban J connectivity index is 2.05. The maximum Gasteiger partial charge on any atom is 0.303 e. The number of aliphatic carboxylic acids is 1. The Morgan fingerprint density at radius 1 is 1.14 bits per heavy atom. The minimum Gasteiger partial charge on any atom is -0.481 e. The molecule has 1 N–H and O–H groups in total. The van der Waals surface area contributed by atoms with E-state index in [1.54, 1.807) is 0 Å². The summed E-state index contributed by atoms with van der Waals surface area (Å²) >= 11 is 0. The van der Waals surface area contributed by atoms with Crippen molar-refractivity contribution in [2.24, 2.45) is 5.41 Å². The van der Waals surface area contributed by atoms with E-state index in [0.29, 0.717) is 6.42 Å². The van der Waals surface area contributed by atoms with Gasteiger partial charge in [-0.15, -0.1) is 0 Å². The van der Waals surface area contributed by atoms with E-state index in [0.717, 1.165) is 38.5 Å². The molecule has 0 aliphatic heterocycles. The Hall–Kier alpha value is -1.31. The standard InChI is InChI=1S/C19H28O2/c1-3-16-8-7-15(13-17(16)4-2)9-12-19(14-18(20)21)10-5-6-11-19/h7-8,13H,3-6,9-12,14H2,1-2H3,(H,20,21). The first-order valence-electron chi connectivity index (χ1n) is 8.41. The summed E-state index contributed by atoms with van der Waals surface area (Å²) in [7, 11) is 0. The summed E-state index contributed by atoms with van der Waals surface area (Å²) in [6.07, 6.45) is 9.13. The summed E-state index contributed by atoms with van der Waals surface area (Å²) in [5, 5.41) is 9.19. The monoisotopic (exact) mass is 288 g/mol. The number of carboxylic acid groups (broad SMARTS) is 1. The Morgan fingerprint density at radius 3 is 2.38 bits per heavy atom. The highest BCUT2D eigenvalue weighted by Gasteiger charge is 2.35. The van der Waals surface area contributed by atoms with E-state index in [4.69, 9.17) is 0 Å². The largest absolute Gasteiger partial charge is 0.481 e. The van der Waals surface area contributed by atoms with E-state index in [1.165, 1.54) is 29.5 Å². The second-order valence-electron chi connectivity index (χ2n) is 6.59. The molecule has 0 saturated heterocycles. The van der Waals surface area contributed by atoms with Crippen molar-refractivity contribution in [3.63, 3.8) is 0 Å². The van der Waals surface area contributed by atoms with E-state index in [9.17, 15) is 9.90 Å². The first kappa shape index (κ1) is 16.1. The van der Waals surface area contributed by atoms with Gasteiger partial charge in [0.15, 0.2) is 0 Å². The van der Waals surface area contributed by atoms with E-state index in [1.807, 2.05) is 0 Å². The quantitative estimate of drug-likeness (QED) is 0.784. The average molecular weight is 288 g/mol. The van der Waals surface area contributed by atoms with E-state index >= 15 is 0 Å². The lowest BCUT2D eigenvalue weighted by Crippen LogP contribution is -2.21. The summed E-state index contributed by atoms with van der Waals surface area (Å²) in [4.78, 5) is 11.2. The van der Waals surface area contributed by atoms with Crippen LogP contribution in [0.3, 0.4) is 0 Å². The van der Waals surface area contributed by atoms with Gasteiger partial charge < -0.3 is 5.11 Å². The Morgan fingerprint density at radius 2 is 1.81 bits per heavy atom. The molecule has 0 radical (unpaired) electrons. The molecule has 1 saturated carbocycles. The minimum atomic E-state index is -0.632. The number of aryl methyl sites for hydroxylation is 3. The van der Waals surface area contributed by atoms with E-state index in [2.05, 4.69) is 32.0 Å². The van der Waals surface area contributed by atoms with Crippen molar-refractivity contribution < 1.29 is 9.90 Å². The van der Waals surface area contributed by atoms with Crippen LogP contribution in [0.1, 0.15) is 69.1 Å². The number of rotatable bonds is 7. The van der Waals surface area contributed by atoms with Crippen LogP contribution in [0.25, 0.3) is 0 Å². The molecule has 21 heavy (non-hydrogen) atoms. The molecule has 0 spiro atoms. The third kappa shape index (κ3) is 4.09. The fourth-order valence-corrected chi connectivity index (χ4v) is 3.88. The number of hydrogen-bond acceptors (Lipinski definition) is 1. The van der Waals surface area contributed by atoms with E-state index in [-0.39, 0.29) is 5.41 Å². The van der Waals surface area contributed by atoms with Gasteiger partial charge in [0.25, 0.3) is 0 Å². The summed E-state index contributed by atoms with van der Waals surface area (Å²) in [6, 6.07) is 6.83. The summed E-state index contributed by atoms with van der Waals surface area (Å²) in [5.74, 6) is -0.632. The van der Waals surface area contributed by atoms with Crippen molar-refractivity contribution in [1.29, 1.82) is 0 Å².